The number of aromatic nitrogens is 2. The zero-order valence-corrected chi connectivity index (χ0v) is 10.5. The highest BCUT2D eigenvalue weighted by Gasteiger charge is 2.09. The number of rotatable bonds is 6. The molecule has 0 aliphatic heterocycles. The Kier molecular flexibility index (Phi) is 5.56. The molecule has 98 valence electrons. The summed E-state index contributed by atoms with van der Waals surface area (Å²) in [5, 5.41) is 15.5. The van der Waals surface area contributed by atoms with Gasteiger partial charge in [-0.1, -0.05) is 6.92 Å². The van der Waals surface area contributed by atoms with Gasteiger partial charge in [0, 0.05) is 13.6 Å². The summed E-state index contributed by atoms with van der Waals surface area (Å²) < 4.78 is 0. The molecule has 0 unspecified atom stereocenters. The van der Waals surface area contributed by atoms with Crippen LogP contribution in [0.3, 0.4) is 0 Å². The molecule has 1 aromatic heterocycles. The molecule has 0 fully saturated rings. The van der Waals surface area contributed by atoms with Crippen molar-refractivity contribution in [3.63, 3.8) is 0 Å². The lowest BCUT2D eigenvalue weighted by atomic mass is 10.3. The number of carbonyl (C=O) groups excluding carboxylic acids is 2. The summed E-state index contributed by atoms with van der Waals surface area (Å²) in [4.78, 5) is 22.5. The van der Waals surface area contributed by atoms with Crippen molar-refractivity contribution in [1.29, 1.82) is 0 Å². The first-order valence-corrected chi connectivity index (χ1v) is 5.73. The smallest absolute Gasteiger partial charge is 0.272 e. The van der Waals surface area contributed by atoms with Crippen LogP contribution in [-0.4, -0.2) is 42.1 Å². The molecule has 7 nitrogen and oxygen atoms in total. The van der Waals surface area contributed by atoms with Crippen LogP contribution in [0.2, 0.25) is 0 Å². The summed E-state index contributed by atoms with van der Waals surface area (Å²) in [6.45, 7) is 2.77. The Hall–Kier alpha value is -2.18. The van der Waals surface area contributed by atoms with Gasteiger partial charge in [-0.2, -0.15) is 0 Å². The molecule has 0 saturated carbocycles. The molecule has 0 bridgehead atoms. The fourth-order valence-electron chi connectivity index (χ4n) is 1.14. The van der Waals surface area contributed by atoms with Gasteiger partial charge in [0.15, 0.2) is 5.69 Å². The van der Waals surface area contributed by atoms with E-state index >= 15 is 0 Å². The topological polar surface area (TPSA) is 96.0 Å². The maximum Gasteiger partial charge on any atom is 0.272 e. The summed E-state index contributed by atoms with van der Waals surface area (Å²) in [7, 11) is 1.50. The van der Waals surface area contributed by atoms with Gasteiger partial charge >= 0.3 is 0 Å². The number of anilines is 1. The van der Waals surface area contributed by atoms with Gasteiger partial charge in [0.25, 0.3) is 5.91 Å². The van der Waals surface area contributed by atoms with Crippen LogP contribution in [0.1, 0.15) is 23.8 Å². The minimum absolute atomic E-state index is 0.0765. The van der Waals surface area contributed by atoms with Crippen LogP contribution in [-0.2, 0) is 4.79 Å². The van der Waals surface area contributed by atoms with Crippen LogP contribution < -0.4 is 16.0 Å². The second-order valence-electron chi connectivity index (χ2n) is 3.59. The van der Waals surface area contributed by atoms with Crippen LogP contribution in [0.5, 0.6) is 0 Å². The molecule has 18 heavy (non-hydrogen) atoms. The van der Waals surface area contributed by atoms with Crippen molar-refractivity contribution in [3.05, 3.63) is 17.8 Å². The van der Waals surface area contributed by atoms with E-state index in [-0.39, 0.29) is 18.1 Å². The maximum absolute atomic E-state index is 11.6. The molecule has 1 heterocycles. The van der Waals surface area contributed by atoms with E-state index in [4.69, 9.17) is 0 Å². The number of hydrogen-bond donors (Lipinski definition) is 3. The van der Waals surface area contributed by atoms with Gasteiger partial charge in [-0.15, -0.1) is 10.2 Å². The average molecular weight is 251 g/mol. The second kappa shape index (κ2) is 7.21. The molecule has 3 N–H and O–H groups in total. The zero-order valence-electron chi connectivity index (χ0n) is 10.5. The van der Waals surface area contributed by atoms with Crippen molar-refractivity contribution in [2.24, 2.45) is 0 Å². The monoisotopic (exact) mass is 251 g/mol. The van der Waals surface area contributed by atoms with Crippen LogP contribution in [0.15, 0.2) is 12.1 Å². The molecule has 0 aliphatic rings. The quantitative estimate of drug-likeness (QED) is 0.649. The minimum Gasteiger partial charge on any atom is -0.369 e. The van der Waals surface area contributed by atoms with Crippen molar-refractivity contribution in [1.82, 2.24) is 20.8 Å². The Balaban J connectivity index is 2.51. The highest BCUT2D eigenvalue weighted by atomic mass is 16.2. The molecule has 1 aromatic rings. The molecule has 1 rings (SSSR count). The lowest BCUT2D eigenvalue weighted by molar-refractivity contribution is -0.119. The van der Waals surface area contributed by atoms with Gasteiger partial charge in [-0.25, -0.2) is 0 Å². The summed E-state index contributed by atoms with van der Waals surface area (Å²) >= 11 is 0. The zero-order chi connectivity index (χ0) is 13.4. The summed E-state index contributed by atoms with van der Waals surface area (Å²) in [6.07, 6.45) is 0.982. The number of likely N-dealkylation sites (N-methyl/N-ethyl adjacent to an activating group) is 1. The molecule has 0 radical (unpaired) electrons. The summed E-state index contributed by atoms with van der Waals surface area (Å²) in [6, 6.07) is 3.24. The third-order valence-corrected chi connectivity index (χ3v) is 2.14. The third-order valence-electron chi connectivity index (χ3n) is 2.14. The van der Waals surface area contributed by atoms with Crippen LogP contribution in [0, 0.1) is 0 Å². The third kappa shape index (κ3) is 4.36. The van der Waals surface area contributed by atoms with Crippen LogP contribution >= 0.6 is 0 Å². The molecular weight excluding hydrogens is 234 g/mol. The number of carbonyl (C=O) groups is 2. The van der Waals surface area contributed by atoms with E-state index < -0.39 is 5.91 Å². The predicted octanol–water partition coefficient (Wildman–Crippen LogP) is -0.226. The molecular formula is C11H17N5O2. The van der Waals surface area contributed by atoms with E-state index in [0.717, 1.165) is 13.0 Å². The van der Waals surface area contributed by atoms with Crippen molar-refractivity contribution >= 4 is 17.6 Å². The highest BCUT2D eigenvalue weighted by molar-refractivity contribution is 5.94. The largest absolute Gasteiger partial charge is 0.369 e. The molecule has 2 amide bonds. The van der Waals surface area contributed by atoms with Gasteiger partial charge in [-0.05, 0) is 18.6 Å². The fraction of sp³-hybridized carbons (Fsp3) is 0.455. The number of amides is 2. The van der Waals surface area contributed by atoms with Gasteiger partial charge in [0.2, 0.25) is 5.91 Å². The number of nitrogens with one attached hydrogen (secondary N) is 3. The average Bonchev–Trinajstić information content (AvgIpc) is 2.42. The molecule has 0 spiro atoms. The van der Waals surface area contributed by atoms with E-state index in [1.54, 1.807) is 12.1 Å². The SMILES string of the molecule is CCCNc1ccc(C(=O)NCC(=O)NC)nn1. The Bertz CT molecular complexity index is 404. The first-order chi connectivity index (χ1) is 8.67. The highest BCUT2D eigenvalue weighted by Crippen LogP contribution is 2.01. The minimum atomic E-state index is -0.423. The van der Waals surface area contributed by atoms with E-state index in [0.29, 0.717) is 5.82 Å². The van der Waals surface area contributed by atoms with E-state index in [1.165, 1.54) is 7.05 Å². The first-order valence-electron chi connectivity index (χ1n) is 5.73. The molecule has 0 atom stereocenters. The van der Waals surface area contributed by atoms with Gasteiger partial charge < -0.3 is 16.0 Å². The normalized spacial score (nSPS) is 9.67. The van der Waals surface area contributed by atoms with Crippen molar-refractivity contribution in [2.45, 2.75) is 13.3 Å². The van der Waals surface area contributed by atoms with Gasteiger partial charge in [0.1, 0.15) is 5.82 Å². The Morgan fingerprint density at radius 3 is 2.61 bits per heavy atom. The molecule has 0 saturated heterocycles. The van der Waals surface area contributed by atoms with E-state index in [2.05, 4.69) is 26.1 Å². The maximum atomic E-state index is 11.6. The molecule has 0 aromatic carbocycles. The Morgan fingerprint density at radius 1 is 1.28 bits per heavy atom. The van der Waals surface area contributed by atoms with E-state index in [9.17, 15) is 9.59 Å². The lowest BCUT2D eigenvalue weighted by Gasteiger charge is -2.05. The summed E-state index contributed by atoms with van der Waals surface area (Å²) in [5.74, 6) is -0.0645. The number of nitrogens with zero attached hydrogens (tertiary/aromatic N) is 2. The predicted molar refractivity (Wildman–Crippen MR) is 67.2 cm³/mol. The van der Waals surface area contributed by atoms with Gasteiger partial charge in [0.05, 0.1) is 6.54 Å². The lowest BCUT2D eigenvalue weighted by Crippen LogP contribution is -2.35. The summed E-state index contributed by atoms with van der Waals surface area (Å²) in [5.41, 5.74) is 0.181. The van der Waals surface area contributed by atoms with Gasteiger partial charge in [-0.3, -0.25) is 9.59 Å². The fourth-order valence-corrected chi connectivity index (χ4v) is 1.14. The van der Waals surface area contributed by atoms with Crippen molar-refractivity contribution in [2.75, 3.05) is 25.5 Å². The van der Waals surface area contributed by atoms with Crippen LogP contribution in [0.25, 0.3) is 0 Å². The van der Waals surface area contributed by atoms with E-state index in [1.807, 2.05) is 6.92 Å². The molecule has 0 aliphatic carbocycles. The second-order valence-corrected chi connectivity index (χ2v) is 3.59. The van der Waals surface area contributed by atoms with Crippen molar-refractivity contribution in [3.8, 4) is 0 Å². The molecule has 7 heteroatoms. The van der Waals surface area contributed by atoms with Crippen LogP contribution in [0.4, 0.5) is 5.82 Å². The Labute approximate surface area is 105 Å². The Morgan fingerprint density at radius 2 is 2.06 bits per heavy atom. The standard InChI is InChI=1S/C11H17N5O2/c1-3-6-13-9-5-4-8(15-16-9)11(18)14-7-10(17)12-2/h4-5H,3,6-7H2,1-2H3,(H,12,17)(H,13,16)(H,14,18). The van der Waals surface area contributed by atoms with Crippen molar-refractivity contribution < 1.29 is 9.59 Å². The first kappa shape index (κ1) is 13.9. The number of hydrogen-bond acceptors (Lipinski definition) is 5.